The van der Waals surface area contributed by atoms with E-state index in [9.17, 15) is 22.8 Å². The fourth-order valence-corrected chi connectivity index (χ4v) is 3.08. The van der Waals surface area contributed by atoms with Gasteiger partial charge in [-0.15, -0.1) is 0 Å². The highest BCUT2D eigenvalue weighted by atomic mass is 35.5. The van der Waals surface area contributed by atoms with E-state index in [-0.39, 0.29) is 34.7 Å². The molecule has 2 aromatic rings. The topological polar surface area (TPSA) is 74.8 Å². The van der Waals surface area contributed by atoms with Crippen LogP contribution in [0.5, 0.6) is 11.6 Å². The Hall–Kier alpha value is -2.85. The molecule has 3 rings (SSSR count). The third-order valence-corrected chi connectivity index (χ3v) is 5.05. The quantitative estimate of drug-likeness (QED) is 0.748. The molecule has 7 nitrogen and oxygen atoms in total. The van der Waals surface area contributed by atoms with Crippen LogP contribution in [-0.2, 0) is 11.0 Å². The Morgan fingerprint density at radius 1 is 1.19 bits per heavy atom. The highest BCUT2D eigenvalue weighted by Gasteiger charge is 2.31. The van der Waals surface area contributed by atoms with Gasteiger partial charge in [0.05, 0.1) is 17.1 Å². The fourth-order valence-electron chi connectivity index (χ4n) is 2.93. The smallest absolute Gasteiger partial charge is 0.416 e. The van der Waals surface area contributed by atoms with Crippen LogP contribution >= 0.6 is 11.6 Å². The minimum atomic E-state index is -4.59. The van der Waals surface area contributed by atoms with Crippen LogP contribution in [0, 0.1) is 0 Å². The molecule has 0 spiro atoms. The molecule has 0 saturated carbocycles. The summed E-state index contributed by atoms with van der Waals surface area (Å²) in [6.07, 6.45) is -3.26. The summed E-state index contributed by atoms with van der Waals surface area (Å²) < 4.78 is 44.4. The van der Waals surface area contributed by atoms with Crippen molar-refractivity contribution in [3.05, 3.63) is 52.7 Å². The number of ether oxygens (including phenoxy) is 1. The summed E-state index contributed by atoms with van der Waals surface area (Å²) in [6, 6.07) is 5.47. The summed E-state index contributed by atoms with van der Waals surface area (Å²) in [7, 11) is 1.96. The molecule has 0 bridgehead atoms. The number of aromatic nitrogens is 1. The van der Waals surface area contributed by atoms with Gasteiger partial charge in [-0.3, -0.25) is 9.59 Å². The first-order chi connectivity index (χ1) is 14.6. The number of alkyl halides is 3. The van der Waals surface area contributed by atoms with Gasteiger partial charge in [-0.2, -0.15) is 13.2 Å². The molecule has 1 fully saturated rings. The molecule has 0 radical (unpaired) electrons. The second-order valence-electron chi connectivity index (χ2n) is 6.97. The van der Waals surface area contributed by atoms with Crippen LogP contribution in [0.15, 0.2) is 36.5 Å². The molecular formula is C20H20ClF3N4O3. The Kier molecular flexibility index (Phi) is 7.01. The zero-order valence-electron chi connectivity index (χ0n) is 16.6. The molecule has 0 unspecified atom stereocenters. The van der Waals surface area contributed by atoms with E-state index in [4.69, 9.17) is 16.3 Å². The van der Waals surface area contributed by atoms with Crippen LogP contribution in [0.2, 0.25) is 5.02 Å². The Morgan fingerprint density at radius 2 is 1.90 bits per heavy atom. The number of hydrogen-bond acceptors (Lipinski definition) is 5. The van der Waals surface area contributed by atoms with Gasteiger partial charge in [-0.05, 0) is 37.4 Å². The number of likely N-dealkylation sites (N-methyl/N-ethyl adjacent to an activating group) is 1. The molecule has 1 aliphatic heterocycles. The van der Waals surface area contributed by atoms with E-state index in [0.717, 1.165) is 31.3 Å². The molecule has 31 heavy (non-hydrogen) atoms. The average molecular weight is 457 g/mol. The fraction of sp³-hybridized carbons (Fsp3) is 0.350. The Labute approximate surface area is 181 Å². The second kappa shape index (κ2) is 9.52. The molecular weight excluding hydrogens is 437 g/mol. The van der Waals surface area contributed by atoms with Crippen molar-refractivity contribution in [2.75, 3.05) is 39.8 Å². The van der Waals surface area contributed by atoms with Crippen molar-refractivity contribution in [2.45, 2.75) is 6.18 Å². The molecule has 166 valence electrons. The summed E-state index contributed by atoms with van der Waals surface area (Å²) in [5, 5.41) is 2.43. The SMILES string of the molecule is CN1CCN(C(=O)CNC(=O)c2cccnc2Oc2cc(C(F)(F)F)ccc2Cl)CC1. The number of carbonyl (C=O) groups excluding carboxylic acids is 2. The number of amides is 2. The van der Waals surface area contributed by atoms with Gasteiger partial charge in [0.25, 0.3) is 5.91 Å². The number of halogens is 4. The monoisotopic (exact) mass is 456 g/mol. The lowest BCUT2D eigenvalue weighted by molar-refractivity contribution is -0.137. The van der Waals surface area contributed by atoms with Gasteiger partial charge in [-0.1, -0.05) is 11.6 Å². The van der Waals surface area contributed by atoms with E-state index < -0.39 is 17.6 Å². The van der Waals surface area contributed by atoms with E-state index in [1.807, 2.05) is 7.05 Å². The lowest BCUT2D eigenvalue weighted by Crippen LogP contribution is -2.50. The largest absolute Gasteiger partial charge is 0.437 e. The van der Waals surface area contributed by atoms with E-state index in [1.165, 1.54) is 18.3 Å². The molecule has 2 heterocycles. The number of nitrogens with one attached hydrogen (secondary N) is 1. The van der Waals surface area contributed by atoms with Gasteiger partial charge in [0.15, 0.2) is 0 Å². The van der Waals surface area contributed by atoms with Gasteiger partial charge in [-0.25, -0.2) is 4.98 Å². The Balaban J connectivity index is 1.70. The van der Waals surface area contributed by atoms with E-state index in [2.05, 4.69) is 15.2 Å². The second-order valence-corrected chi connectivity index (χ2v) is 7.38. The van der Waals surface area contributed by atoms with Crippen LogP contribution in [0.25, 0.3) is 0 Å². The zero-order chi connectivity index (χ0) is 22.6. The minimum absolute atomic E-state index is 0.0397. The van der Waals surface area contributed by atoms with E-state index >= 15 is 0 Å². The summed E-state index contributed by atoms with van der Waals surface area (Å²) in [4.78, 5) is 32.6. The van der Waals surface area contributed by atoms with Crippen LogP contribution in [0.3, 0.4) is 0 Å². The first-order valence-corrected chi connectivity index (χ1v) is 9.77. The molecule has 1 aromatic carbocycles. The highest BCUT2D eigenvalue weighted by molar-refractivity contribution is 6.32. The number of hydrogen-bond donors (Lipinski definition) is 1. The van der Waals surface area contributed by atoms with Gasteiger partial charge < -0.3 is 19.9 Å². The van der Waals surface area contributed by atoms with Crippen LogP contribution < -0.4 is 10.1 Å². The molecule has 11 heteroatoms. The van der Waals surface area contributed by atoms with Gasteiger partial charge in [0.1, 0.15) is 11.3 Å². The maximum Gasteiger partial charge on any atom is 0.416 e. The minimum Gasteiger partial charge on any atom is -0.437 e. The zero-order valence-corrected chi connectivity index (χ0v) is 17.3. The number of carbonyl (C=O) groups is 2. The van der Waals surface area contributed by atoms with Crippen molar-refractivity contribution in [3.8, 4) is 11.6 Å². The summed E-state index contributed by atoms with van der Waals surface area (Å²) >= 11 is 5.95. The predicted molar refractivity (Wildman–Crippen MR) is 107 cm³/mol. The number of benzene rings is 1. The summed E-state index contributed by atoms with van der Waals surface area (Å²) in [5.74, 6) is -1.39. The van der Waals surface area contributed by atoms with Crippen LogP contribution in [-0.4, -0.2) is 66.4 Å². The summed E-state index contributed by atoms with van der Waals surface area (Å²) in [6.45, 7) is 2.41. The van der Waals surface area contributed by atoms with Crippen molar-refractivity contribution < 1.29 is 27.5 Å². The van der Waals surface area contributed by atoms with Crippen molar-refractivity contribution in [1.82, 2.24) is 20.1 Å². The predicted octanol–water partition coefficient (Wildman–Crippen LogP) is 3.05. The standard InChI is InChI=1S/C20H20ClF3N4O3/c1-27-7-9-28(10-8-27)17(29)12-26-18(30)14-3-2-6-25-19(14)31-16-11-13(20(22,23)24)4-5-15(16)21/h2-6,11H,7-10,12H2,1H3,(H,26,30). The third-order valence-electron chi connectivity index (χ3n) is 4.74. The number of nitrogens with zero attached hydrogens (tertiary/aromatic N) is 3. The van der Waals surface area contributed by atoms with Gasteiger partial charge in [0.2, 0.25) is 11.8 Å². The van der Waals surface area contributed by atoms with Gasteiger partial charge in [0, 0.05) is 32.4 Å². The molecule has 2 amide bonds. The average Bonchev–Trinajstić information content (AvgIpc) is 2.73. The lowest BCUT2D eigenvalue weighted by Gasteiger charge is -2.32. The Bertz CT molecular complexity index is 963. The van der Waals surface area contributed by atoms with Crippen molar-refractivity contribution in [2.24, 2.45) is 0 Å². The van der Waals surface area contributed by atoms with E-state index in [0.29, 0.717) is 13.1 Å². The van der Waals surface area contributed by atoms with Crippen LogP contribution in [0.1, 0.15) is 15.9 Å². The van der Waals surface area contributed by atoms with Crippen molar-refractivity contribution in [3.63, 3.8) is 0 Å². The number of rotatable bonds is 5. The lowest BCUT2D eigenvalue weighted by atomic mass is 10.2. The maximum absolute atomic E-state index is 13.0. The van der Waals surface area contributed by atoms with Crippen molar-refractivity contribution in [1.29, 1.82) is 0 Å². The maximum atomic E-state index is 13.0. The van der Waals surface area contributed by atoms with E-state index in [1.54, 1.807) is 4.90 Å². The first kappa shape index (κ1) is 22.8. The van der Waals surface area contributed by atoms with Gasteiger partial charge >= 0.3 is 6.18 Å². The highest BCUT2D eigenvalue weighted by Crippen LogP contribution is 2.37. The molecule has 0 aliphatic carbocycles. The number of pyridine rings is 1. The summed E-state index contributed by atoms with van der Waals surface area (Å²) in [5.41, 5.74) is -0.992. The molecule has 0 atom stereocenters. The molecule has 1 aromatic heterocycles. The van der Waals surface area contributed by atoms with Crippen LogP contribution in [0.4, 0.5) is 13.2 Å². The van der Waals surface area contributed by atoms with Crippen molar-refractivity contribution >= 4 is 23.4 Å². The normalized spacial score (nSPS) is 14.9. The molecule has 1 aliphatic rings. The third kappa shape index (κ3) is 5.86. The first-order valence-electron chi connectivity index (χ1n) is 9.39. The Morgan fingerprint density at radius 3 is 2.58 bits per heavy atom. The molecule has 1 N–H and O–H groups in total. The number of piperazine rings is 1. The molecule has 1 saturated heterocycles.